The monoisotopic (exact) mass is 455 g/mol. The third kappa shape index (κ3) is 5.00. The highest BCUT2D eigenvalue weighted by atomic mass is 16.2. The second kappa shape index (κ2) is 10.5. The molecule has 0 aliphatic carbocycles. The second-order valence-electron chi connectivity index (χ2n) is 9.21. The lowest BCUT2D eigenvalue weighted by molar-refractivity contribution is -0.125. The SMILES string of the molecule is CCN(CC)CCNC(=O)CN1C(=O)[C@@H]2CCCCN2c2ccc(C(=O)N3CCCC3)cc21. The molecule has 3 amide bonds. The maximum atomic E-state index is 13.5. The Balaban J connectivity index is 1.55. The zero-order chi connectivity index (χ0) is 23.4. The van der Waals surface area contributed by atoms with Gasteiger partial charge in [0, 0.05) is 38.3 Å². The summed E-state index contributed by atoms with van der Waals surface area (Å²) in [4.78, 5) is 47.2. The van der Waals surface area contributed by atoms with Crippen molar-refractivity contribution >= 4 is 29.1 Å². The van der Waals surface area contributed by atoms with Gasteiger partial charge in [0.15, 0.2) is 0 Å². The van der Waals surface area contributed by atoms with E-state index < -0.39 is 0 Å². The number of likely N-dealkylation sites (N-methyl/N-ethyl adjacent to an activating group) is 1. The molecule has 3 aliphatic heterocycles. The summed E-state index contributed by atoms with van der Waals surface area (Å²) in [6.45, 7) is 9.79. The highest BCUT2D eigenvalue weighted by Crippen LogP contribution is 2.40. The van der Waals surface area contributed by atoms with Crippen LogP contribution in [0.3, 0.4) is 0 Å². The van der Waals surface area contributed by atoms with E-state index in [0.29, 0.717) is 17.8 Å². The van der Waals surface area contributed by atoms with Crippen LogP contribution < -0.4 is 15.1 Å². The first-order valence-corrected chi connectivity index (χ1v) is 12.5. The van der Waals surface area contributed by atoms with Crippen molar-refractivity contribution in [2.24, 2.45) is 0 Å². The van der Waals surface area contributed by atoms with Crippen LogP contribution >= 0.6 is 0 Å². The van der Waals surface area contributed by atoms with Crippen LogP contribution in [0, 0.1) is 0 Å². The van der Waals surface area contributed by atoms with E-state index in [2.05, 4.69) is 29.0 Å². The van der Waals surface area contributed by atoms with E-state index in [0.717, 1.165) is 77.1 Å². The van der Waals surface area contributed by atoms with Crippen molar-refractivity contribution in [2.45, 2.75) is 52.0 Å². The minimum atomic E-state index is -0.227. The maximum absolute atomic E-state index is 13.5. The number of amides is 3. The molecule has 8 nitrogen and oxygen atoms in total. The van der Waals surface area contributed by atoms with Crippen molar-refractivity contribution in [3.63, 3.8) is 0 Å². The molecule has 1 aromatic carbocycles. The van der Waals surface area contributed by atoms with E-state index in [1.807, 2.05) is 23.1 Å². The molecule has 180 valence electrons. The van der Waals surface area contributed by atoms with Crippen molar-refractivity contribution in [2.75, 3.05) is 62.2 Å². The van der Waals surface area contributed by atoms with Gasteiger partial charge in [0.25, 0.3) is 5.91 Å². The van der Waals surface area contributed by atoms with E-state index in [4.69, 9.17) is 0 Å². The molecule has 4 rings (SSSR count). The van der Waals surface area contributed by atoms with Crippen molar-refractivity contribution in [1.82, 2.24) is 15.1 Å². The Morgan fingerprint density at radius 1 is 1.03 bits per heavy atom. The number of anilines is 2. The normalized spacial score (nSPS) is 20.2. The Hall–Kier alpha value is -2.61. The molecular weight excluding hydrogens is 418 g/mol. The average molecular weight is 456 g/mol. The number of rotatable bonds is 8. The van der Waals surface area contributed by atoms with Gasteiger partial charge in [-0.3, -0.25) is 19.3 Å². The smallest absolute Gasteiger partial charge is 0.253 e. The number of hydrogen-bond donors (Lipinski definition) is 1. The van der Waals surface area contributed by atoms with Crippen molar-refractivity contribution < 1.29 is 14.4 Å². The van der Waals surface area contributed by atoms with Gasteiger partial charge >= 0.3 is 0 Å². The molecule has 0 saturated carbocycles. The molecule has 2 fully saturated rings. The number of carbonyl (C=O) groups excluding carboxylic acids is 3. The van der Waals surface area contributed by atoms with Crippen LogP contribution in [0.5, 0.6) is 0 Å². The Morgan fingerprint density at radius 2 is 1.76 bits per heavy atom. The third-order valence-corrected chi connectivity index (χ3v) is 7.22. The number of nitrogens with zero attached hydrogens (tertiary/aromatic N) is 4. The number of hydrogen-bond acceptors (Lipinski definition) is 5. The molecular formula is C25H37N5O3. The van der Waals surface area contributed by atoms with Crippen LogP contribution in [-0.4, -0.2) is 85.9 Å². The molecule has 0 bridgehead atoms. The minimum absolute atomic E-state index is 0.00661. The summed E-state index contributed by atoms with van der Waals surface area (Å²) in [6, 6.07) is 5.44. The first kappa shape index (κ1) is 23.5. The largest absolute Gasteiger partial charge is 0.358 e. The fourth-order valence-electron chi connectivity index (χ4n) is 5.25. The van der Waals surface area contributed by atoms with Crippen molar-refractivity contribution in [1.29, 1.82) is 0 Å². The molecule has 1 N–H and O–H groups in total. The van der Waals surface area contributed by atoms with Crippen molar-refractivity contribution in [3.8, 4) is 0 Å². The van der Waals surface area contributed by atoms with E-state index in [1.165, 1.54) is 0 Å². The highest BCUT2D eigenvalue weighted by Gasteiger charge is 2.40. The number of piperidine rings is 1. The number of likely N-dealkylation sites (tertiary alicyclic amines) is 1. The van der Waals surface area contributed by atoms with Gasteiger partial charge in [-0.1, -0.05) is 13.8 Å². The van der Waals surface area contributed by atoms with Gasteiger partial charge in [0.05, 0.1) is 11.4 Å². The van der Waals surface area contributed by atoms with Crippen LogP contribution in [0.25, 0.3) is 0 Å². The Labute approximate surface area is 196 Å². The Morgan fingerprint density at radius 3 is 2.48 bits per heavy atom. The minimum Gasteiger partial charge on any atom is -0.358 e. The maximum Gasteiger partial charge on any atom is 0.253 e. The van der Waals surface area contributed by atoms with Crippen LogP contribution in [0.15, 0.2) is 18.2 Å². The molecule has 2 saturated heterocycles. The fourth-order valence-corrected chi connectivity index (χ4v) is 5.25. The van der Waals surface area contributed by atoms with Gasteiger partial charge in [0.1, 0.15) is 12.6 Å². The van der Waals surface area contributed by atoms with Gasteiger partial charge in [-0.15, -0.1) is 0 Å². The van der Waals surface area contributed by atoms with Gasteiger partial charge in [0.2, 0.25) is 11.8 Å². The van der Waals surface area contributed by atoms with E-state index in [1.54, 1.807) is 4.90 Å². The van der Waals surface area contributed by atoms with Crippen LogP contribution in [0.2, 0.25) is 0 Å². The summed E-state index contributed by atoms with van der Waals surface area (Å²) in [7, 11) is 0. The van der Waals surface area contributed by atoms with Gasteiger partial charge in [-0.05, 0) is 63.4 Å². The number of carbonyl (C=O) groups is 3. The number of nitrogens with one attached hydrogen (secondary N) is 1. The summed E-state index contributed by atoms with van der Waals surface area (Å²) >= 11 is 0. The van der Waals surface area contributed by atoms with Crippen LogP contribution in [-0.2, 0) is 9.59 Å². The average Bonchev–Trinajstić information content (AvgIpc) is 3.39. The predicted octanol–water partition coefficient (Wildman–Crippen LogP) is 2.09. The zero-order valence-electron chi connectivity index (χ0n) is 20.0. The molecule has 3 heterocycles. The number of benzene rings is 1. The van der Waals surface area contributed by atoms with E-state index >= 15 is 0 Å². The molecule has 0 aromatic heterocycles. The molecule has 1 aromatic rings. The topological polar surface area (TPSA) is 76.2 Å². The molecule has 0 radical (unpaired) electrons. The highest BCUT2D eigenvalue weighted by molar-refractivity contribution is 6.09. The summed E-state index contributed by atoms with van der Waals surface area (Å²) < 4.78 is 0. The summed E-state index contributed by atoms with van der Waals surface area (Å²) in [6.07, 6.45) is 4.92. The molecule has 3 aliphatic rings. The third-order valence-electron chi connectivity index (χ3n) is 7.22. The molecule has 0 unspecified atom stereocenters. The van der Waals surface area contributed by atoms with E-state index in [9.17, 15) is 14.4 Å². The second-order valence-corrected chi connectivity index (χ2v) is 9.21. The van der Waals surface area contributed by atoms with Gasteiger partial charge in [-0.2, -0.15) is 0 Å². The van der Waals surface area contributed by atoms with E-state index in [-0.39, 0.29) is 30.3 Å². The number of fused-ring (bicyclic) bond motifs is 3. The Kier molecular flexibility index (Phi) is 7.53. The molecule has 1 atom stereocenters. The van der Waals surface area contributed by atoms with Crippen LogP contribution in [0.4, 0.5) is 11.4 Å². The summed E-state index contributed by atoms with van der Waals surface area (Å²) in [5, 5.41) is 2.97. The summed E-state index contributed by atoms with van der Waals surface area (Å²) in [5.74, 6) is -0.194. The van der Waals surface area contributed by atoms with Gasteiger partial charge in [-0.25, -0.2) is 0 Å². The lowest BCUT2D eigenvalue weighted by atomic mass is 9.95. The zero-order valence-corrected chi connectivity index (χ0v) is 20.0. The van der Waals surface area contributed by atoms with Crippen LogP contribution in [0.1, 0.15) is 56.3 Å². The molecule has 0 spiro atoms. The van der Waals surface area contributed by atoms with Gasteiger partial charge < -0.3 is 20.0 Å². The summed E-state index contributed by atoms with van der Waals surface area (Å²) in [5.41, 5.74) is 2.22. The first-order valence-electron chi connectivity index (χ1n) is 12.5. The lowest BCUT2D eigenvalue weighted by Gasteiger charge is -2.45. The molecule has 33 heavy (non-hydrogen) atoms. The Bertz CT molecular complexity index is 879. The lowest BCUT2D eigenvalue weighted by Crippen LogP contribution is -2.57. The fraction of sp³-hybridized carbons (Fsp3) is 0.640. The first-order chi connectivity index (χ1) is 16.0. The van der Waals surface area contributed by atoms with Crippen molar-refractivity contribution in [3.05, 3.63) is 23.8 Å². The molecule has 8 heteroatoms. The standard InChI is InChI=1S/C25H37N5O3/c1-3-27(4-2)16-12-26-23(31)18-30-22-17-19(24(32)28-13-7-8-14-28)10-11-20(22)29-15-6-5-9-21(29)25(30)33/h10-11,17,21H,3-9,12-16,18H2,1-2H3,(H,26,31)/t21-/m0/s1. The predicted molar refractivity (Wildman–Crippen MR) is 130 cm³/mol. The quantitative estimate of drug-likeness (QED) is 0.650.